The van der Waals surface area contributed by atoms with Crippen molar-refractivity contribution in [2.45, 2.75) is 6.92 Å². The normalized spacial score (nSPS) is 10.7. The van der Waals surface area contributed by atoms with Gasteiger partial charge in [-0.3, -0.25) is 9.38 Å². The van der Waals surface area contributed by atoms with E-state index in [0.29, 0.717) is 6.61 Å². The van der Waals surface area contributed by atoms with Crippen LogP contribution >= 0.6 is 0 Å². The Kier molecular flexibility index (Phi) is 2.68. The molecule has 0 saturated carbocycles. The first-order valence-electron chi connectivity index (χ1n) is 5.90. The van der Waals surface area contributed by atoms with Gasteiger partial charge in [0.15, 0.2) is 5.65 Å². The van der Waals surface area contributed by atoms with Crippen molar-refractivity contribution in [3.8, 4) is 17.1 Å². The van der Waals surface area contributed by atoms with Crippen LogP contribution in [0.15, 0.2) is 48.9 Å². The third-order valence-electron chi connectivity index (χ3n) is 2.71. The van der Waals surface area contributed by atoms with E-state index in [1.807, 2.05) is 47.9 Å². The van der Waals surface area contributed by atoms with E-state index in [4.69, 9.17) is 4.74 Å². The Hall–Kier alpha value is -2.36. The molecular weight excluding hydrogens is 226 g/mol. The first kappa shape index (κ1) is 10.8. The number of nitrogens with zero attached hydrogens (tertiary/aromatic N) is 3. The monoisotopic (exact) mass is 239 g/mol. The zero-order valence-corrected chi connectivity index (χ0v) is 10.1. The van der Waals surface area contributed by atoms with Gasteiger partial charge in [0.25, 0.3) is 0 Å². The van der Waals surface area contributed by atoms with E-state index in [0.717, 1.165) is 22.8 Å². The molecule has 0 amide bonds. The molecule has 0 unspecified atom stereocenters. The number of hydrogen-bond donors (Lipinski definition) is 0. The third-order valence-corrected chi connectivity index (χ3v) is 2.71. The molecule has 0 aliphatic carbocycles. The van der Waals surface area contributed by atoms with E-state index >= 15 is 0 Å². The minimum Gasteiger partial charge on any atom is -0.477 e. The fraction of sp³-hybridized carbons (Fsp3) is 0.143. The molecule has 0 radical (unpaired) electrons. The molecule has 3 rings (SSSR count). The molecule has 4 heteroatoms. The summed E-state index contributed by atoms with van der Waals surface area (Å²) in [4.78, 5) is 8.66. The standard InChI is InChI=1S/C14H13N3O/c1-2-18-14-13(11-6-4-3-5-7-11)16-12-10-15-8-9-17(12)14/h3-10H,2H2,1H3. The van der Waals surface area contributed by atoms with Crippen molar-refractivity contribution in [1.82, 2.24) is 14.4 Å². The molecule has 0 aliphatic heterocycles. The van der Waals surface area contributed by atoms with Crippen molar-refractivity contribution in [2.24, 2.45) is 0 Å². The largest absolute Gasteiger partial charge is 0.477 e. The molecule has 0 atom stereocenters. The van der Waals surface area contributed by atoms with Crippen LogP contribution in [0, 0.1) is 0 Å². The summed E-state index contributed by atoms with van der Waals surface area (Å²) in [5.74, 6) is 0.765. The zero-order valence-electron chi connectivity index (χ0n) is 10.1. The van der Waals surface area contributed by atoms with Crippen LogP contribution < -0.4 is 4.74 Å². The first-order chi connectivity index (χ1) is 8.90. The van der Waals surface area contributed by atoms with E-state index in [1.165, 1.54) is 0 Å². The van der Waals surface area contributed by atoms with Gasteiger partial charge >= 0.3 is 0 Å². The van der Waals surface area contributed by atoms with Crippen molar-refractivity contribution in [1.29, 1.82) is 0 Å². The SMILES string of the molecule is CCOc1c(-c2ccccc2)nc2cnccn12. The second kappa shape index (κ2) is 4.49. The number of benzene rings is 1. The van der Waals surface area contributed by atoms with Crippen LogP contribution in [0.1, 0.15) is 6.92 Å². The van der Waals surface area contributed by atoms with Gasteiger partial charge < -0.3 is 4.74 Å². The molecular formula is C14H13N3O. The molecule has 4 nitrogen and oxygen atoms in total. The third kappa shape index (κ3) is 1.72. The van der Waals surface area contributed by atoms with Crippen LogP contribution in [-0.4, -0.2) is 21.0 Å². The molecule has 2 aromatic heterocycles. The molecule has 0 spiro atoms. The van der Waals surface area contributed by atoms with Crippen LogP contribution in [0.4, 0.5) is 0 Å². The molecule has 1 aromatic carbocycles. The summed E-state index contributed by atoms with van der Waals surface area (Å²) < 4.78 is 7.63. The molecule has 18 heavy (non-hydrogen) atoms. The first-order valence-corrected chi connectivity index (χ1v) is 5.90. The molecule has 0 aliphatic rings. The highest BCUT2D eigenvalue weighted by molar-refractivity contribution is 5.69. The van der Waals surface area contributed by atoms with E-state index in [9.17, 15) is 0 Å². The van der Waals surface area contributed by atoms with Crippen LogP contribution in [-0.2, 0) is 0 Å². The van der Waals surface area contributed by atoms with Gasteiger partial charge in [0.2, 0.25) is 5.88 Å². The Labute approximate surface area is 105 Å². The van der Waals surface area contributed by atoms with Crippen molar-refractivity contribution >= 4 is 5.65 Å². The lowest BCUT2D eigenvalue weighted by atomic mass is 10.2. The summed E-state index contributed by atoms with van der Waals surface area (Å²) in [7, 11) is 0. The number of rotatable bonds is 3. The van der Waals surface area contributed by atoms with Crippen molar-refractivity contribution in [3.63, 3.8) is 0 Å². The smallest absolute Gasteiger partial charge is 0.226 e. The lowest BCUT2D eigenvalue weighted by Crippen LogP contribution is -1.97. The van der Waals surface area contributed by atoms with Crippen molar-refractivity contribution in [2.75, 3.05) is 6.61 Å². The summed E-state index contributed by atoms with van der Waals surface area (Å²) >= 11 is 0. The fourth-order valence-corrected chi connectivity index (χ4v) is 1.94. The predicted octanol–water partition coefficient (Wildman–Crippen LogP) is 2.79. The van der Waals surface area contributed by atoms with Crippen LogP contribution in [0.5, 0.6) is 5.88 Å². The zero-order chi connectivity index (χ0) is 12.4. The highest BCUT2D eigenvalue weighted by atomic mass is 16.5. The number of hydrogen-bond acceptors (Lipinski definition) is 3. The quantitative estimate of drug-likeness (QED) is 0.705. The Morgan fingerprint density at radius 2 is 2.06 bits per heavy atom. The Morgan fingerprint density at radius 1 is 1.22 bits per heavy atom. The lowest BCUT2D eigenvalue weighted by Gasteiger charge is -2.05. The van der Waals surface area contributed by atoms with Gasteiger partial charge in [0.1, 0.15) is 5.69 Å². The summed E-state index contributed by atoms with van der Waals surface area (Å²) in [5.41, 5.74) is 2.69. The second-order valence-electron chi connectivity index (χ2n) is 3.87. The number of fused-ring (bicyclic) bond motifs is 1. The maximum absolute atomic E-state index is 5.72. The van der Waals surface area contributed by atoms with Crippen LogP contribution in [0.25, 0.3) is 16.9 Å². The maximum Gasteiger partial charge on any atom is 0.226 e. The Bertz CT molecular complexity index is 661. The maximum atomic E-state index is 5.72. The molecule has 0 fully saturated rings. The summed E-state index contributed by atoms with van der Waals surface area (Å²) in [6, 6.07) is 10.0. The highest BCUT2D eigenvalue weighted by Gasteiger charge is 2.14. The average molecular weight is 239 g/mol. The van der Waals surface area contributed by atoms with Gasteiger partial charge in [-0.05, 0) is 6.92 Å². The molecule has 90 valence electrons. The van der Waals surface area contributed by atoms with Gasteiger partial charge in [-0.25, -0.2) is 4.98 Å². The fourth-order valence-electron chi connectivity index (χ4n) is 1.94. The van der Waals surface area contributed by atoms with Gasteiger partial charge in [-0.2, -0.15) is 0 Å². The van der Waals surface area contributed by atoms with Gasteiger partial charge in [-0.1, -0.05) is 30.3 Å². The highest BCUT2D eigenvalue weighted by Crippen LogP contribution is 2.30. The van der Waals surface area contributed by atoms with E-state index in [-0.39, 0.29) is 0 Å². The minimum absolute atomic E-state index is 0.607. The van der Waals surface area contributed by atoms with Crippen LogP contribution in [0.3, 0.4) is 0 Å². The van der Waals surface area contributed by atoms with Crippen molar-refractivity contribution in [3.05, 3.63) is 48.9 Å². The molecule has 0 bridgehead atoms. The second-order valence-corrected chi connectivity index (χ2v) is 3.87. The number of aromatic nitrogens is 3. The van der Waals surface area contributed by atoms with E-state index < -0.39 is 0 Å². The Balaban J connectivity index is 2.25. The average Bonchev–Trinajstić information content (AvgIpc) is 2.80. The van der Waals surface area contributed by atoms with Crippen molar-refractivity contribution < 1.29 is 4.74 Å². The number of imidazole rings is 1. The molecule has 2 heterocycles. The lowest BCUT2D eigenvalue weighted by molar-refractivity contribution is 0.325. The minimum atomic E-state index is 0.607. The van der Waals surface area contributed by atoms with E-state index in [1.54, 1.807) is 12.4 Å². The molecule has 0 N–H and O–H groups in total. The van der Waals surface area contributed by atoms with Gasteiger partial charge in [-0.15, -0.1) is 0 Å². The van der Waals surface area contributed by atoms with Crippen LogP contribution in [0.2, 0.25) is 0 Å². The molecule has 0 saturated heterocycles. The molecule has 3 aromatic rings. The Morgan fingerprint density at radius 3 is 2.83 bits per heavy atom. The summed E-state index contributed by atoms with van der Waals surface area (Å²) in [5, 5.41) is 0. The predicted molar refractivity (Wildman–Crippen MR) is 69.6 cm³/mol. The summed E-state index contributed by atoms with van der Waals surface area (Å²) in [6.45, 7) is 2.57. The topological polar surface area (TPSA) is 39.4 Å². The van der Waals surface area contributed by atoms with Gasteiger partial charge in [0, 0.05) is 18.0 Å². The summed E-state index contributed by atoms with van der Waals surface area (Å²) in [6.07, 6.45) is 5.32. The van der Waals surface area contributed by atoms with E-state index in [2.05, 4.69) is 9.97 Å². The number of ether oxygens (including phenoxy) is 1. The van der Waals surface area contributed by atoms with Gasteiger partial charge in [0.05, 0.1) is 12.8 Å².